The van der Waals surface area contributed by atoms with Crippen LogP contribution in [0, 0.1) is 0 Å². The summed E-state index contributed by atoms with van der Waals surface area (Å²) in [4.78, 5) is 0. The van der Waals surface area contributed by atoms with Gasteiger partial charge in [0.15, 0.2) is 0 Å². The maximum Gasteiger partial charge on any atom is 0.0636 e. The van der Waals surface area contributed by atoms with Crippen LogP contribution in [-0.4, -0.2) is 0 Å². The van der Waals surface area contributed by atoms with Crippen LogP contribution >= 0.6 is 0 Å². The molecule has 0 unspecified atom stereocenters. The van der Waals surface area contributed by atoms with Crippen molar-refractivity contribution in [1.82, 2.24) is 0 Å². The van der Waals surface area contributed by atoms with Crippen molar-refractivity contribution in [3.63, 3.8) is 0 Å². The first-order valence-corrected chi connectivity index (χ1v) is 15.1. The predicted molar refractivity (Wildman–Crippen MR) is 216 cm³/mol. The van der Waals surface area contributed by atoms with Gasteiger partial charge in [-0.05, 0) is 121 Å². The molecular formula is C50H30. The first-order chi connectivity index (χ1) is 36.9. The second kappa shape index (κ2) is 10.5. The molecule has 11 aromatic carbocycles. The molecule has 0 heterocycles. The van der Waals surface area contributed by atoms with E-state index in [0.717, 1.165) is 6.07 Å². The Labute approximate surface area is 330 Å². The Balaban J connectivity index is 1.21. The summed E-state index contributed by atoms with van der Waals surface area (Å²) in [6.07, 6.45) is 0. The van der Waals surface area contributed by atoms with E-state index in [-0.39, 0.29) is 32.3 Å². The molecule has 0 heteroatoms. The van der Waals surface area contributed by atoms with Gasteiger partial charge >= 0.3 is 0 Å². The summed E-state index contributed by atoms with van der Waals surface area (Å²) in [6, 6.07) is -23.4. The van der Waals surface area contributed by atoms with Crippen molar-refractivity contribution in [2.75, 3.05) is 0 Å². The molecule has 0 radical (unpaired) electrons. The molecule has 0 saturated carbocycles. The van der Waals surface area contributed by atoms with Crippen LogP contribution in [0.4, 0.5) is 0 Å². The SMILES string of the molecule is [2H]c1cc(-c2c([2H])c([2H])c3c([2H])c([2H])c4c([2H])c([2H])c([2H])c5c([2H])c([2H])c2c3c45)c([2H])c(-c2c([2H])c([2H])c(-c3c([2H])c([2H])c([2H])c(-c4c([2H])c([2H])c5c([2H])c([2H])c6c([2H])c([2H])c([2H])c7c([2H])c([2H])c4c5c67)c3[2H])c([2H])c2[2H])c1[2H]. The molecule has 11 rings (SSSR count). The van der Waals surface area contributed by atoms with Crippen LogP contribution in [0.15, 0.2) is 181 Å². The molecule has 0 nitrogen and oxygen atoms in total. The molecule has 50 heavy (non-hydrogen) atoms. The molecule has 0 fully saturated rings. The second-order valence-electron chi connectivity index (χ2n) is 11.3. The van der Waals surface area contributed by atoms with Gasteiger partial charge in [0, 0.05) is 0 Å². The van der Waals surface area contributed by atoms with Crippen molar-refractivity contribution in [3.05, 3.63) is 181 Å². The normalized spacial score (nSPS) is 20.1. The van der Waals surface area contributed by atoms with E-state index in [9.17, 15) is 13.7 Å². The zero-order valence-corrected chi connectivity index (χ0v) is 25.1. The molecule has 11 aromatic rings. The molecular weight excluding hydrogens is 601 g/mol. The quantitative estimate of drug-likeness (QED) is 0.165. The van der Waals surface area contributed by atoms with E-state index in [1.807, 2.05) is 0 Å². The van der Waals surface area contributed by atoms with Crippen molar-refractivity contribution < 1.29 is 39.8 Å². The highest BCUT2D eigenvalue weighted by molar-refractivity contribution is 6.26. The van der Waals surface area contributed by atoms with Crippen LogP contribution in [0.3, 0.4) is 0 Å². The fraction of sp³-hybridized carbons (Fsp3) is 0. The highest BCUT2D eigenvalue weighted by Crippen LogP contribution is 2.42. The Hall–Kier alpha value is -6.50. The zero-order chi connectivity index (χ0) is 58.0. The third-order valence-electron chi connectivity index (χ3n) is 8.57. The van der Waals surface area contributed by atoms with E-state index in [1.165, 1.54) is 0 Å². The summed E-state index contributed by atoms with van der Waals surface area (Å²) in [5, 5.41) is -4.41. The number of hydrogen-bond donors (Lipinski definition) is 0. The molecule has 0 aliphatic rings. The Morgan fingerprint density at radius 2 is 0.640 bits per heavy atom. The van der Waals surface area contributed by atoms with Crippen molar-refractivity contribution >= 4 is 64.6 Å². The third kappa shape index (κ3) is 4.06. The minimum atomic E-state index is -1.09. The summed E-state index contributed by atoms with van der Waals surface area (Å²) in [7, 11) is 0. The molecule has 0 aliphatic heterocycles. The average Bonchev–Trinajstić information content (AvgIpc) is 2.25. The van der Waals surface area contributed by atoms with Gasteiger partial charge in [0.05, 0.1) is 39.8 Å². The van der Waals surface area contributed by atoms with Gasteiger partial charge in [-0.2, -0.15) is 0 Å². The minimum absolute atomic E-state index is 0.226. The van der Waals surface area contributed by atoms with Gasteiger partial charge in [0.2, 0.25) is 0 Å². The van der Waals surface area contributed by atoms with Crippen LogP contribution in [0.5, 0.6) is 0 Å². The topological polar surface area (TPSA) is 0 Å². The predicted octanol–water partition coefficient (Wildman–Crippen LogP) is 14.1. The minimum Gasteiger partial charge on any atom is -0.0610 e. The van der Waals surface area contributed by atoms with E-state index in [4.69, 9.17) is 26.0 Å². The highest BCUT2D eigenvalue weighted by Gasteiger charge is 2.14. The summed E-state index contributed by atoms with van der Waals surface area (Å²) in [6.45, 7) is 0. The van der Waals surface area contributed by atoms with Gasteiger partial charge in [-0.1, -0.05) is 169 Å². The molecule has 230 valence electrons. The van der Waals surface area contributed by atoms with Gasteiger partial charge < -0.3 is 0 Å². The van der Waals surface area contributed by atoms with Gasteiger partial charge in [0.1, 0.15) is 0 Å². The maximum atomic E-state index is 9.63. The van der Waals surface area contributed by atoms with E-state index in [0.29, 0.717) is 0 Å². The van der Waals surface area contributed by atoms with Crippen molar-refractivity contribution in [2.24, 2.45) is 0 Å². The lowest BCUT2D eigenvalue weighted by molar-refractivity contribution is 1.58. The van der Waals surface area contributed by atoms with E-state index in [2.05, 4.69) is 0 Å². The molecule has 0 bridgehead atoms. The molecule has 0 N–H and O–H groups in total. The monoisotopic (exact) mass is 659 g/mol. The molecule has 0 saturated heterocycles. The lowest BCUT2D eigenvalue weighted by Crippen LogP contribution is -1.88. The van der Waals surface area contributed by atoms with Gasteiger partial charge in [-0.15, -0.1) is 0 Å². The van der Waals surface area contributed by atoms with Crippen LogP contribution in [0.25, 0.3) is 109 Å². The molecule has 0 atom stereocenters. The first kappa shape index (κ1) is 11.5. The van der Waals surface area contributed by atoms with Crippen LogP contribution in [0.2, 0.25) is 0 Å². The van der Waals surface area contributed by atoms with E-state index < -0.39 is 252 Å². The van der Waals surface area contributed by atoms with Gasteiger partial charge in [-0.3, -0.25) is 0 Å². The highest BCUT2D eigenvalue weighted by atomic mass is 14.2. The van der Waals surface area contributed by atoms with Crippen molar-refractivity contribution in [1.29, 1.82) is 0 Å². The Morgan fingerprint density at radius 3 is 1.18 bits per heavy atom. The fourth-order valence-electron chi connectivity index (χ4n) is 6.31. The number of benzene rings is 11. The van der Waals surface area contributed by atoms with Crippen molar-refractivity contribution in [3.8, 4) is 44.5 Å². The Kier molecular flexibility index (Phi) is 2.42. The smallest absolute Gasteiger partial charge is 0.0610 e. The van der Waals surface area contributed by atoms with Crippen LogP contribution in [0.1, 0.15) is 39.8 Å². The van der Waals surface area contributed by atoms with Crippen LogP contribution < -0.4 is 0 Å². The Bertz CT molecular complexity index is 4670. The summed E-state index contributed by atoms with van der Waals surface area (Å²) < 4.78 is 262. The van der Waals surface area contributed by atoms with Crippen molar-refractivity contribution in [2.45, 2.75) is 0 Å². The average molecular weight is 660 g/mol. The summed E-state index contributed by atoms with van der Waals surface area (Å²) in [5.74, 6) is 0. The second-order valence-corrected chi connectivity index (χ2v) is 11.3. The molecule has 0 aromatic heterocycles. The van der Waals surface area contributed by atoms with E-state index in [1.54, 1.807) is 0 Å². The molecule has 0 amide bonds. The maximum absolute atomic E-state index is 9.63. The Morgan fingerprint density at radius 1 is 0.260 bits per heavy atom. The molecule has 0 aliphatic carbocycles. The number of hydrogen-bond acceptors (Lipinski definition) is 0. The van der Waals surface area contributed by atoms with Gasteiger partial charge in [0.25, 0.3) is 0 Å². The summed E-state index contributed by atoms with van der Waals surface area (Å²) >= 11 is 0. The lowest BCUT2D eigenvalue weighted by atomic mass is 9.89. The largest absolute Gasteiger partial charge is 0.0636 e. The van der Waals surface area contributed by atoms with Gasteiger partial charge in [-0.25, -0.2) is 0 Å². The lowest BCUT2D eigenvalue weighted by Gasteiger charge is -2.15. The zero-order valence-electron chi connectivity index (χ0n) is 54.1. The fourth-order valence-corrected chi connectivity index (χ4v) is 6.31. The first-order valence-electron chi connectivity index (χ1n) is 29.6. The summed E-state index contributed by atoms with van der Waals surface area (Å²) in [5.41, 5.74) is -5.88. The third-order valence-corrected chi connectivity index (χ3v) is 8.57. The van der Waals surface area contributed by atoms with E-state index >= 15 is 0 Å². The molecule has 0 spiro atoms. The van der Waals surface area contributed by atoms with Crippen LogP contribution in [-0.2, 0) is 0 Å². The number of rotatable bonds is 4. The standard InChI is InChI=1S/C50H30/c1-5-33-17-19-37-21-25-43(45-27-23-35(7-1)47(33)49(37)45)41-11-3-9-39(29-41)31-13-15-32(16-14-31)40-10-4-12-42(30-40)44-26-22-38-20-18-34-6-2-8-36-24-28-46(44)50(38)48(34)36/h1-30H/i1D,2D,3D,4D,5D,6D,7D,8D,9D,10D,11D,13D,14D,15D,16D,17D,18D,19D,20D,21D,22D,23D,24D,25D,26D,27D,28D,29D,30D.